The van der Waals surface area contributed by atoms with Crippen LogP contribution in [0.25, 0.3) is 0 Å². The van der Waals surface area contributed by atoms with Crippen LogP contribution in [-0.4, -0.2) is 78.7 Å². The van der Waals surface area contributed by atoms with Crippen LogP contribution in [0.3, 0.4) is 0 Å². The highest BCUT2D eigenvalue weighted by Gasteiger charge is 2.37. The lowest BCUT2D eigenvalue weighted by molar-refractivity contribution is -0.138. The standard InChI is InChI=1S/C33H47N3O5/c1-33(2,3)41-32(38)36-19-18-34(21-25-12-8-6-9-13-25)23-28(36)24-35(31(37)26-14-10-7-11-15-26)22-27-16-17-29(39-4)20-30(27)40-5/h6,8-9,12-13,16-17,20,26,28H,7,10-11,14-15,18-19,21-24H2,1-5H3/t28-/m0/s1. The van der Waals surface area contributed by atoms with E-state index in [4.69, 9.17) is 14.2 Å². The summed E-state index contributed by atoms with van der Waals surface area (Å²) in [6.45, 7) is 9.23. The fourth-order valence-corrected chi connectivity index (χ4v) is 5.90. The van der Waals surface area contributed by atoms with Crippen LogP contribution in [0.4, 0.5) is 4.79 Å². The summed E-state index contributed by atoms with van der Waals surface area (Å²) in [4.78, 5) is 33.7. The van der Waals surface area contributed by atoms with Gasteiger partial charge in [-0.1, -0.05) is 49.6 Å². The van der Waals surface area contributed by atoms with Crippen molar-refractivity contribution in [3.63, 3.8) is 0 Å². The van der Waals surface area contributed by atoms with Crippen LogP contribution in [0.1, 0.15) is 64.0 Å². The van der Waals surface area contributed by atoms with Gasteiger partial charge < -0.3 is 24.0 Å². The first-order chi connectivity index (χ1) is 19.7. The SMILES string of the molecule is COc1ccc(CN(C[C@@H]2CN(Cc3ccccc3)CCN2C(=O)OC(C)(C)C)C(=O)C2CCCCC2)c(OC)c1. The average molecular weight is 566 g/mol. The smallest absolute Gasteiger partial charge is 0.410 e. The molecular weight excluding hydrogens is 518 g/mol. The van der Waals surface area contributed by atoms with Crippen molar-refractivity contribution in [2.75, 3.05) is 40.4 Å². The fourth-order valence-electron chi connectivity index (χ4n) is 5.90. The van der Waals surface area contributed by atoms with E-state index in [9.17, 15) is 9.59 Å². The van der Waals surface area contributed by atoms with E-state index < -0.39 is 5.60 Å². The number of ether oxygens (including phenoxy) is 3. The molecule has 0 aromatic heterocycles. The molecule has 2 amide bonds. The van der Waals surface area contributed by atoms with E-state index >= 15 is 0 Å². The van der Waals surface area contributed by atoms with E-state index in [1.807, 2.05) is 54.8 Å². The Morgan fingerprint density at radius 1 is 0.951 bits per heavy atom. The molecule has 2 aromatic carbocycles. The molecule has 0 spiro atoms. The number of carbonyl (C=O) groups is 2. The Balaban J connectivity index is 1.61. The summed E-state index contributed by atoms with van der Waals surface area (Å²) >= 11 is 0. The van der Waals surface area contributed by atoms with E-state index in [1.165, 1.54) is 12.0 Å². The summed E-state index contributed by atoms with van der Waals surface area (Å²) < 4.78 is 16.9. The van der Waals surface area contributed by atoms with Gasteiger partial charge >= 0.3 is 6.09 Å². The van der Waals surface area contributed by atoms with Gasteiger partial charge in [-0.15, -0.1) is 0 Å². The van der Waals surface area contributed by atoms with Gasteiger partial charge in [-0.25, -0.2) is 4.79 Å². The van der Waals surface area contributed by atoms with Gasteiger partial charge in [-0.2, -0.15) is 0 Å². The van der Waals surface area contributed by atoms with E-state index in [0.717, 1.165) is 44.3 Å². The first kappa shape index (κ1) is 30.7. The molecule has 8 heteroatoms. The second-order valence-electron chi connectivity index (χ2n) is 12.3. The van der Waals surface area contributed by atoms with Crippen molar-refractivity contribution in [1.82, 2.24) is 14.7 Å². The Labute approximate surface area is 245 Å². The highest BCUT2D eigenvalue weighted by Crippen LogP contribution is 2.30. The predicted octanol–water partition coefficient (Wildman–Crippen LogP) is 5.73. The van der Waals surface area contributed by atoms with Crippen molar-refractivity contribution in [1.29, 1.82) is 0 Å². The zero-order valence-electron chi connectivity index (χ0n) is 25.4. The van der Waals surface area contributed by atoms with Crippen molar-refractivity contribution in [2.24, 2.45) is 5.92 Å². The van der Waals surface area contributed by atoms with Gasteiger partial charge in [0.1, 0.15) is 17.1 Å². The van der Waals surface area contributed by atoms with E-state index in [2.05, 4.69) is 29.2 Å². The Hall–Kier alpha value is -3.26. The van der Waals surface area contributed by atoms with Crippen LogP contribution in [0.15, 0.2) is 48.5 Å². The number of hydrogen-bond donors (Lipinski definition) is 0. The first-order valence-electron chi connectivity index (χ1n) is 14.9. The van der Waals surface area contributed by atoms with Gasteiger partial charge in [0, 0.05) is 56.8 Å². The highest BCUT2D eigenvalue weighted by atomic mass is 16.6. The number of rotatable bonds is 9. The number of nitrogens with zero attached hydrogens (tertiary/aromatic N) is 3. The summed E-state index contributed by atoms with van der Waals surface area (Å²) in [5, 5.41) is 0. The minimum Gasteiger partial charge on any atom is -0.497 e. The third-order valence-electron chi connectivity index (χ3n) is 8.00. The molecule has 8 nitrogen and oxygen atoms in total. The molecule has 1 saturated carbocycles. The lowest BCUT2D eigenvalue weighted by atomic mass is 9.88. The van der Waals surface area contributed by atoms with Gasteiger partial charge in [0.05, 0.1) is 20.3 Å². The second kappa shape index (κ2) is 14.1. The Kier molecular flexibility index (Phi) is 10.5. The molecule has 224 valence electrons. The molecule has 41 heavy (non-hydrogen) atoms. The van der Waals surface area contributed by atoms with Crippen LogP contribution >= 0.6 is 0 Å². The predicted molar refractivity (Wildman–Crippen MR) is 160 cm³/mol. The second-order valence-corrected chi connectivity index (χ2v) is 12.3. The molecule has 4 rings (SSSR count). The lowest BCUT2D eigenvalue weighted by Gasteiger charge is -2.44. The molecule has 1 heterocycles. The minimum atomic E-state index is -0.600. The molecule has 2 fully saturated rings. The van der Waals surface area contributed by atoms with E-state index in [1.54, 1.807) is 14.2 Å². The summed E-state index contributed by atoms with van der Waals surface area (Å²) in [7, 11) is 3.27. The maximum atomic E-state index is 14.1. The molecule has 0 bridgehead atoms. The van der Waals surface area contributed by atoms with Gasteiger partial charge in [-0.3, -0.25) is 9.69 Å². The Morgan fingerprint density at radius 3 is 2.34 bits per heavy atom. The largest absolute Gasteiger partial charge is 0.497 e. The van der Waals surface area contributed by atoms with Crippen LogP contribution in [0.5, 0.6) is 11.5 Å². The maximum Gasteiger partial charge on any atom is 0.410 e. The maximum absolute atomic E-state index is 14.1. The number of methoxy groups -OCH3 is 2. The first-order valence-corrected chi connectivity index (χ1v) is 14.9. The number of amides is 2. The van der Waals surface area contributed by atoms with Gasteiger partial charge in [0.25, 0.3) is 0 Å². The molecule has 1 aliphatic heterocycles. The van der Waals surface area contributed by atoms with Gasteiger partial charge in [-0.05, 0) is 51.3 Å². The van der Waals surface area contributed by atoms with Crippen molar-refractivity contribution < 1.29 is 23.8 Å². The quantitative estimate of drug-likeness (QED) is 0.387. The lowest BCUT2D eigenvalue weighted by Crippen LogP contribution is -2.59. The molecule has 0 radical (unpaired) electrons. The highest BCUT2D eigenvalue weighted by molar-refractivity contribution is 5.79. The number of carbonyl (C=O) groups excluding carboxylic acids is 2. The fraction of sp³-hybridized carbons (Fsp3) is 0.576. The third kappa shape index (κ3) is 8.62. The van der Waals surface area contributed by atoms with Crippen molar-refractivity contribution in [3.05, 3.63) is 59.7 Å². The molecule has 0 unspecified atom stereocenters. The van der Waals surface area contributed by atoms with Crippen molar-refractivity contribution >= 4 is 12.0 Å². The van der Waals surface area contributed by atoms with Gasteiger partial charge in [0.15, 0.2) is 0 Å². The third-order valence-corrected chi connectivity index (χ3v) is 8.00. The zero-order valence-corrected chi connectivity index (χ0v) is 25.4. The summed E-state index contributed by atoms with van der Waals surface area (Å²) in [6.07, 6.45) is 4.84. The summed E-state index contributed by atoms with van der Waals surface area (Å²) in [5.74, 6) is 1.55. The average Bonchev–Trinajstić information content (AvgIpc) is 2.96. The van der Waals surface area contributed by atoms with E-state index in [-0.39, 0.29) is 24.0 Å². The molecule has 1 saturated heterocycles. The van der Waals surface area contributed by atoms with Crippen LogP contribution < -0.4 is 9.47 Å². The molecule has 0 N–H and O–H groups in total. The molecule has 2 aliphatic rings. The van der Waals surface area contributed by atoms with Crippen LogP contribution in [0, 0.1) is 5.92 Å². The summed E-state index contributed by atoms with van der Waals surface area (Å²) in [6, 6.07) is 15.9. The zero-order chi connectivity index (χ0) is 29.4. The Morgan fingerprint density at radius 2 is 1.68 bits per heavy atom. The number of hydrogen-bond acceptors (Lipinski definition) is 6. The molecule has 2 aromatic rings. The van der Waals surface area contributed by atoms with Crippen molar-refractivity contribution in [2.45, 2.75) is 77.6 Å². The summed E-state index contributed by atoms with van der Waals surface area (Å²) in [5.41, 5.74) is 1.55. The van der Waals surface area contributed by atoms with Crippen molar-refractivity contribution in [3.8, 4) is 11.5 Å². The molecular formula is C33H47N3O5. The molecule has 1 atom stereocenters. The van der Waals surface area contributed by atoms with Crippen LogP contribution in [-0.2, 0) is 22.6 Å². The number of piperazine rings is 1. The van der Waals surface area contributed by atoms with Gasteiger partial charge in [0.2, 0.25) is 5.91 Å². The Bertz CT molecular complexity index is 1140. The minimum absolute atomic E-state index is 0.00647. The van der Waals surface area contributed by atoms with Crippen LogP contribution in [0.2, 0.25) is 0 Å². The van der Waals surface area contributed by atoms with E-state index in [0.29, 0.717) is 37.7 Å². The molecule has 1 aliphatic carbocycles. The number of benzene rings is 2. The topological polar surface area (TPSA) is 71.5 Å². The monoisotopic (exact) mass is 565 g/mol. The normalized spacial score (nSPS) is 18.6.